The molecule has 1 unspecified atom stereocenters. The average molecular weight is 445 g/mol. The summed E-state index contributed by atoms with van der Waals surface area (Å²) in [4.78, 5) is 38.8. The highest BCUT2D eigenvalue weighted by atomic mass is 19.3. The van der Waals surface area contributed by atoms with Crippen molar-refractivity contribution < 1.29 is 27.9 Å². The molecule has 32 heavy (non-hydrogen) atoms. The zero-order valence-corrected chi connectivity index (χ0v) is 18.2. The summed E-state index contributed by atoms with van der Waals surface area (Å²) >= 11 is 0. The van der Waals surface area contributed by atoms with E-state index in [-0.39, 0.29) is 16.9 Å². The van der Waals surface area contributed by atoms with Crippen molar-refractivity contribution in [2.45, 2.75) is 45.3 Å². The standard InChI is InChI=1S/C23H25F2N3O4/c1-22(2,3)14-9-11-15(12-10-14)23(4)19(30)28(21(31)27-23)13-18(29)26-16-7-5-6-8-17(16)32-20(24)25/h5-12,20H,13H2,1-4H3,(H,26,29)(H,27,31). The highest BCUT2D eigenvalue weighted by Gasteiger charge is 2.49. The second kappa shape index (κ2) is 8.57. The first-order chi connectivity index (χ1) is 14.9. The molecule has 1 aliphatic rings. The highest BCUT2D eigenvalue weighted by molar-refractivity contribution is 6.10. The van der Waals surface area contributed by atoms with Crippen molar-refractivity contribution in [1.29, 1.82) is 0 Å². The maximum Gasteiger partial charge on any atom is 0.387 e. The van der Waals surface area contributed by atoms with Crippen LogP contribution in [0.4, 0.5) is 19.3 Å². The number of ether oxygens (including phenoxy) is 1. The first-order valence-electron chi connectivity index (χ1n) is 10.0. The third-order valence-electron chi connectivity index (χ3n) is 5.28. The zero-order chi connectivity index (χ0) is 23.7. The predicted molar refractivity (Wildman–Crippen MR) is 114 cm³/mol. The molecule has 0 aromatic heterocycles. The number of amides is 4. The van der Waals surface area contributed by atoms with Crippen LogP contribution in [0.5, 0.6) is 5.75 Å². The molecule has 0 saturated carbocycles. The van der Waals surface area contributed by atoms with Gasteiger partial charge >= 0.3 is 12.6 Å². The molecule has 1 saturated heterocycles. The van der Waals surface area contributed by atoms with Crippen molar-refractivity contribution in [3.63, 3.8) is 0 Å². The molecular formula is C23H25F2N3O4. The van der Waals surface area contributed by atoms with E-state index in [1.807, 2.05) is 12.1 Å². The topological polar surface area (TPSA) is 87.7 Å². The van der Waals surface area contributed by atoms with Crippen molar-refractivity contribution in [3.8, 4) is 5.75 Å². The molecule has 0 bridgehead atoms. The average Bonchev–Trinajstić information content (AvgIpc) is 2.92. The normalized spacial score (nSPS) is 18.7. The Hall–Kier alpha value is -3.49. The van der Waals surface area contributed by atoms with E-state index in [0.717, 1.165) is 10.5 Å². The van der Waals surface area contributed by atoms with Gasteiger partial charge in [0.2, 0.25) is 5.91 Å². The zero-order valence-electron chi connectivity index (χ0n) is 18.2. The lowest BCUT2D eigenvalue weighted by molar-refractivity contribution is -0.133. The number of hydrogen-bond acceptors (Lipinski definition) is 4. The lowest BCUT2D eigenvalue weighted by atomic mass is 9.84. The Morgan fingerprint density at radius 3 is 2.34 bits per heavy atom. The summed E-state index contributed by atoms with van der Waals surface area (Å²) in [5.41, 5.74) is 0.261. The van der Waals surface area contributed by atoms with E-state index in [1.54, 1.807) is 19.1 Å². The van der Waals surface area contributed by atoms with E-state index in [9.17, 15) is 23.2 Å². The largest absolute Gasteiger partial charge is 0.433 e. The lowest BCUT2D eigenvalue weighted by Crippen LogP contribution is -2.42. The van der Waals surface area contributed by atoms with E-state index >= 15 is 0 Å². The van der Waals surface area contributed by atoms with Crippen molar-refractivity contribution >= 4 is 23.5 Å². The van der Waals surface area contributed by atoms with Crippen LogP contribution in [0.2, 0.25) is 0 Å². The van der Waals surface area contributed by atoms with Crippen molar-refractivity contribution in [1.82, 2.24) is 10.2 Å². The summed E-state index contributed by atoms with van der Waals surface area (Å²) < 4.78 is 29.5. The van der Waals surface area contributed by atoms with E-state index < -0.39 is 36.5 Å². The smallest absolute Gasteiger partial charge is 0.387 e. The van der Waals surface area contributed by atoms with Crippen molar-refractivity contribution in [2.24, 2.45) is 0 Å². The molecule has 1 atom stereocenters. The van der Waals surface area contributed by atoms with Gasteiger partial charge in [0.05, 0.1) is 5.69 Å². The highest BCUT2D eigenvalue weighted by Crippen LogP contribution is 2.31. The van der Waals surface area contributed by atoms with Crippen LogP contribution in [0.15, 0.2) is 48.5 Å². The van der Waals surface area contributed by atoms with E-state index in [4.69, 9.17) is 0 Å². The molecule has 1 heterocycles. The van der Waals surface area contributed by atoms with Crippen molar-refractivity contribution in [2.75, 3.05) is 11.9 Å². The number of benzene rings is 2. The third kappa shape index (κ3) is 4.71. The Morgan fingerprint density at radius 1 is 1.12 bits per heavy atom. The van der Waals surface area contributed by atoms with Crippen LogP contribution < -0.4 is 15.4 Å². The van der Waals surface area contributed by atoms with Crippen molar-refractivity contribution in [3.05, 3.63) is 59.7 Å². The second-order valence-corrected chi connectivity index (χ2v) is 8.70. The van der Waals surface area contributed by atoms with Crippen LogP contribution in [-0.2, 0) is 20.5 Å². The maximum absolute atomic E-state index is 13.1. The van der Waals surface area contributed by atoms with Gasteiger partial charge in [-0.15, -0.1) is 0 Å². The maximum atomic E-state index is 13.1. The Morgan fingerprint density at radius 2 is 1.75 bits per heavy atom. The molecule has 0 aliphatic carbocycles. The molecule has 4 amide bonds. The summed E-state index contributed by atoms with van der Waals surface area (Å²) in [6.07, 6.45) is 0. The summed E-state index contributed by atoms with van der Waals surface area (Å²) in [5, 5.41) is 5.05. The second-order valence-electron chi connectivity index (χ2n) is 8.70. The number of imide groups is 1. The molecule has 2 N–H and O–H groups in total. The SMILES string of the molecule is CC(C)(C)c1ccc(C2(C)NC(=O)N(CC(=O)Nc3ccccc3OC(F)F)C2=O)cc1. The Labute approximate surface area is 184 Å². The van der Waals surface area contributed by atoms with Crippen LogP contribution in [0, 0.1) is 0 Å². The lowest BCUT2D eigenvalue weighted by Gasteiger charge is -2.24. The van der Waals surface area contributed by atoms with Gasteiger partial charge in [0.25, 0.3) is 5.91 Å². The fraction of sp³-hybridized carbons (Fsp3) is 0.348. The fourth-order valence-corrected chi connectivity index (χ4v) is 3.44. The molecule has 3 rings (SSSR count). The number of hydrogen-bond donors (Lipinski definition) is 2. The monoisotopic (exact) mass is 445 g/mol. The van der Waals surface area contributed by atoms with Gasteiger partial charge in [0, 0.05) is 0 Å². The third-order valence-corrected chi connectivity index (χ3v) is 5.28. The molecule has 0 spiro atoms. The summed E-state index contributed by atoms with van der Waals surface area (Å²) in [6.45, 7) is 4.13. The molecular weight excluding hydrogens is 420 g/mol. The number of nitrogens with zero attached hydrogens (tertiary/aromatic N) is 1. The van der Waals surface area contributed by atoms with Gasteiger partial charge in [-0.1, -0.05) is 57.2 Å². The van der Waals surface area contributed by atoms with Gasteiger partial charge in [0.1, 0.15) is 17.8 Å². The van der Waals surface area contributed by atoms with Gasteiger partial charge in [-0.2, -0.15) is 8.78 Å². The number of halogens is 2. The first-order valence-corrected chi connectivity index (χ1v) is 10.0. The van der Waals surface area contributed by atoms with E-state index in [1.165, 1.54) is 24.3 Å². The number of alkyl halides is 2. The molecule has 1 aliphatic heterocycles. The molecule has 170 valence electrons. The number of carbonyl (C=O) groups excluding carboxylic acids is 3. The number of urea groups is 1. The number of anilines is 1. The molecule has 7 nitrogen and oxygen atoms in total. The molecule has 2 aromatic carbocycles. The van der Waals surface area contributed by atoms with Gasteiger partial charge in [-0.25, -0.2) is 4.79 Å². The van der Waals surface area contributed by atoms with Crippen LogP contribution >= 0.6 is 0 Å². The van der Waals surface area contributed by atoms with Gasteiger partial charge in [-0.05, 0) is 35.6 Å². The molecule has 2 aromatic rings. The Kier molecular flexibility index (Phi) is 6.20. The quantitative estimate of drug-likeness (QED) is 0.658. The minimum atomic E-state index is -3.07. The van der Waals surface area contributed by atoms with Crippen LogP contribution in [0.1, 0.15) is 38.8 Å². The van der Waals surface area contributed by atoms with Gasteiger partial charge < -0.3 is 15.4 Å². The van der Waals surface area contributed by atoms with Crippen LogP contribution in [-0.4, -0.2) is 35.9 Å². The van der Waals surface area contributed by atoms with Gasteiger partial charge in [0.15, 0.2) is 0 Å². The van der Waals surface area contributed by atoms with Gasteiger partial charge in [-0.3, -0.25) is 14.5 Å². The number of nitrogens with one attached hydrogen (secondary N) is 2. The summed E-state index contributed by atoms with van der Waals surface area (Å²) in [6, 6.07) is 12.3. The Bertz CT molecular complexity index is 1030. The fourth-order valence-electron chi connectivity index (χ4n) is 3.44. The first kappa shape index (κ1) is 23.2. The molecule has 1 fully saturated rings. The molecule has 0 radical (unpaired) electrons. The number of rotatable bonds is 6. The number of carbonyl (C=O) groups is 3. The van der Waals surface area contributed by atoms with E-state index in [0.29, 0.717) is 5.56 Å². The minimum Gasteiger partial charge on any atom is -0.433 e. The summed E-state index contributed by atoms with van der Waals surface area (Å²) in [7, 11) is 0. The predicted octanol–water partition coefficient (Wildman–Crippen LogP) is 3.99. The minimum absolute atomic E-state index is 0.00499. The number of para-hydroxylation sites is 2. The van der Waals surface area contributed by atoms with E-state index in [2.05, 4.69) is 36.1 Å². The molecule has 9 heteroatoms. The summed E-state index contributed by atoms with van der Waals surface area (Å²) in [5.74, 6) is -1.54. The van der Waals surface area contributed by atoms with Crippen LogP contribution in [0.3, 0.4) is 0 Å². The van der Waals surface area contributed by atoms with Crippen LogP contribution in [0.25, 0.3) is 0 Å². The Balaban J connectivity index is 1.74.